The quantitative estimate of drug-likeness (QED) is 0.645. The Kier molecular flexibility index (Phi) is 3.46. The van der Waals surface area contributed by atoms with E-state index < -0.39 is 0 Å². The molecule has 0 aromatic carbocycles. The molecule has 0 bridgehead atoms. The first-order valence-electron chi connectivity index (χ1n) is 9.40. The van der Waals surface area contributed by atoms with E-state index in [1.54, 1.807) is 0 Å². The number of fused-ring (bicyclic) bond motifs is 5. The maximum atomic E-state index is 10.8. The van der Waals surface area contributed by atoms with Gasteiger partial charge in [-0.3, -0.25) is 0 Å². The van der Waals surface area contributed by atoms with Crippen LogP contribution < -0.4 is 0 Å². The van der Waals surface area contributed by atoms with Crippen LogP contribution in [0, 0.1) is 34.5 Å². The standard InChI is InChI=1S/C19H32O3/c1-18-7-5-11(20)9-15(18)16(21)10-12-13-3-4-17(22)19(13,2)8-6-14(12)18/h11-17,20-22H,3-10H2,1-2H3/t11-,12+,13+,14+,15?,16-,17+,18-,19+/m1/s1. The first kappa shape index (κ1) is 15.4. The highest BCUT2D eigenvalue weighted by molar-refractivity contribution is 5.11. The highest BCUT2D eigenvalue weighted by Crippen LogP contribution is 2.66. The highest BCUT2D eigenvalue weighted by atomic mass is 16.3. The Balaban J connectivity index is 1.66. The van der Waals surface area contributed by atoms with E-state index in [2.05, 4.69) is 13.8 Å². The molecule has 4 fully saturated rings. The summed E-state index contributed by atoms with van der Waals surface area (Å²) in [7, 11) is 0. The zero-order chi connectivity index (χ0) is 15.7. The van der Waals surface area contributed by atoms with Crippen LogP contribution in [-0.4, -0.2) is 33.6 Å². The molecule has 0 radical (unpaired) electrons. The minimum absolute atomic E-state index is 0.0816. The molecule has 3 heteroatoms. The summed E-state index contributed by atoms with van der Waals surface area (Å²) in [6.45, 7) is 4.68. The summed E-state index contributed by atoms with van der Waals surface area (Å²) < 4.78 is 0. The molecule has 0 saturated heterocycles. The van der Waals surface area contributed by atoms with E-state index in [9.17, 15) is 15.3 Å². The Labute approximate surface area is 134 Å². The van der Waals surface area contributed by atoms with Crippen molar-refractivity contribution in [3.05, 3.63) is 0 Å². The molecule has 0 heterocycles. The summed E-state index contributed by atoms with van der Waals surface area (Å²) in [6, 6.07) is 0. The lowest BCUT2D eigenvalue weighted by atomic mass is 9.44. The van der Waals surface area contributed by atoms with Crippen LogP contribution in [0.15, 0.2) is 0 Å². The molecule has 3 nitrogen and oxygen atoms in total. The van der Waals surface area contributed by atoms with Crippen molar-refractivity contribution in [2.24, 2.45) is 34.5 Å². The third-order valence-electron chi connectivity index (χ3n) is 8.60. The number of aliphatic hydroxyl groups excluding tert-OH is 3. The summed E-state index contributed by atoms with van der Waals surface area (Å²) in [4.78, 5) is 0. The Hall–Kier alpha value is -0.120. The molecule has 0 spiro atoms. The van der Waals surface area contributed by atoms with Gasteiger partial charge in [0.25, 0.3) is 0 Å². The van der Waals surface area contributed by atoms with E-state index >= 15 is 0 Å². The van der Waals surface area contributed by atoms with Crippen LogP contribution in [0.4, 0.5) is 0 Å². The SMILES string of the molecule is C[C@]12CC[C@H]3[C@@H](C[C@@H](O)C4C[C@H](O)CC[C@@]43C)[C@@H]1CC[C@@H]2O. The number of hydrogen-bond acceptors (Lipinski definition) is 3. The summed E-state index contributed by atoms with van der Waals surface area (Å²) >= 11 is 0. The predicted octanol–water partition coefficient (Wildman–Crippen LogP) is 2.72. The summed E-state index contributed by atoms with van der Waals surface area (Å²) in [5, 5.41) is 31.4. The van der Waals surface area contributed by atoms with Crippen LogP contribution in [0.2, 0.25) is 0 Å². The molecule has 126 valence electrons. The maximum Gasteiger partial charge on any atom is 0.0596 e. The molecule has 4 saturated carbocycles. The monoisotopic (exact) mass is 308 g/mol. The van der Waals surface area contributed by atoms with Gasteiger partial charge in [-0.25, -0.2) is 0 Å². The fourth-order valence-electron chi connectivity index (χ4n) is 7.25. The Bertz CT molecular complexity index is 452. The number of hydrogen-bond donors (Lipinski definition) is 3. The van der Waals surface area contributed by atoms with Crippen LogP contribution in [-0.2, 0) is 0 Å². The minimum atomic E-state index is -0.263. The third-order valence-corrected chi connectivity index (χ3v) is 8.60. The van der Waals surface area contributed by atoms with Gasteiger partial charge in [-0.05, 0) is 85.9 Å². The first-order valence-corrected chi connectivity index (χ1v) is 9.40. The summed E-state index contributed by atoms with van der Waals surface area (Å²) in [5.74, 6) is 2.10. The van der Waals surface area contributed by atoms with Gasteiger partial charge in [0.1, 0.15) is 0 Å². The van der Waals surface area contributed by atoms with Gasteiger partial charge in [0, 0.05) is 0 Å². The van der Waals surface area contributed by atoms with Crippen molar-refractivity contribution in [1.82, 2.24) is 0 Å². The molecule has 3 N–H and O–H groups in total. The third kappa shape index (κ3) is 1.91. The molecule has 0 amide bonds. The van der Waals surface area contributed by atoms with Crippen LogP contribution in [0.3, 0.4) is 0 Å². The second-order valence-electron chi connectivity index (χ2n) is 9.36. The number of aliphatic hydroxyl groups is 3. The Morgan fingerprint density at radius 2 is 1.41 bits per heavy atom. The average molecular weight is 308 g/mol. The fourth-order valence-corrected chi connectivity index (χ4v) is 7.25. The normalized spacial score (nSPS) is 61.2. The van der Waals surface area contributed by atoms with E-state index in [4.69, 9.17) is 0 Å². The molecule has 4 rings (SSSR count). The van der Waals surface area contributed by atoms with Crippen LogP contribution in [0.5, 0.6) is 0 Å². The fraction of sp³-hybridized carbons (Fsp3) is 1.00. The lowest BCUT2D eigenvalue weighted by molar-refractivity contribution is -0.174. The predicted molar refractivity (Wildman–Crippen MR) is 85.1 cm³/mol. The van der Waals surface area contributed by atoms with E-state index in [1.807, 2.05) is 0 Å². The number of rotatable bonds is 0. The van der Waals surface area contributed by atoms with Crippen molar-refractivity contribution < 1.29 is 15.3 Å². The second-order valence-corrected chi connectivity index (χ2v) is 9.36. The molecular weight excluding hydrogens is 276 g/mol. The van der Waals surface area contributed by atoms with E-state index in [1.165, 1.54) is 6.42 Å². The van der Waals surface area contributed by atoms with Gasteiger partial charge < -0.3 is 15.3 Å². The average Bonchev–Trinajstić information content (AvgIpc) is 2.77. The summed E-state index contributed by atoms with van der Waals surface area (Å²) in [6.07, 6.45) is 7.42. The molecule has 0 aromatic heterocycles. The molecule has 9 atom stereocenters. The maximum absolute atomic E-state index is 10.8. The lowest BCUT2D eigenvalue weighted by Crippen LogP contribution is -2.58. The highest BCUT2D eigenvalue weighted by Gasteiger charge is 2.61. The summed E-state index contributed by atoms with van der Waals surface area (Å²) in [5.41, 5.74) is 0.273. The van der Waals surface area contributed by atoms with Crippen molar-refractivity contribution in [2.45, 2.75) is 83.5 Å². The zero-order valence-corrected chi connectivity index (χ0v) is 14.0. The largest absolute Gasteiger partial charge is 0.393 e. The molecular formula is C19H32O3. The molecule has 0 aromatic rings. The van der Waals surface area contributed by atoms with Gasteiger partial charge >= 0.3 is 0 Å². The van der Waals surface area contributed by atoms with Crippen LogP contribution in [0.25, 0.3) is 0 Å². The van der Waals surface area contributed by atoms with Gasteiger partial charge in [-0.1, -0.05) is 13.8 Å². The second kappa shape index (κ2) is 4.94. The molecule has 1 unspecified atom stereocenters. The van der Waals surface area contributed by atoms with Crippen molar-refractivity contribution in [3.8, 4) is 0 Å². The van der Waals surface area contributed by atoms with Crippen molar-refractivity contribution in [2.75, 3.05) is 0 Å². The van der Waals surface area contributed by atoms with E-state index in [0.717, 1.165) is 44.9 Å². The molecule has 4 aliphatic rings. The van der Waals surface area contributed by atoms with Crippen molar-refractivity contribution in [1.29, 1.82) is 0 Å². The van der Waals surface area contributed by atoms with Gasteiger partial charge in [0.05, 0.1) is 18.3 Å². The van der Waals surface area contributed by atoms with Gasteiger partial charge in [-0.2, -0.15) is 0 Å². The topological polar surface area (TPSA) is 60.7 Å². The van der Waals surface area contributed by atoms with Crippen LogP contribution in [0.1, 0.15) is 65.2 Å². The minimum Gasteiger partial charge on any atom is -0.393 e. The van der Waals surface area contributed by atoms with Crippen molar-refractivity contribution >= 4 is 0 Å². The zero-order valence-electron chi connectivity index (χ0n) is 14.0. The van der Waals surface area contributed by atoms with Gasteiger partial charge in [-0.15, -0.1) is 0 Å². The first-order chi connectivity index (χ1) is 10.4. The van der Waals surface area contributed by atoms with Gasteiger partial charge in [0.15, 0.2) is 0 Å². The van der Waals surface area contributed by atoms with Crippen molar-refractivity contribution in [3.63, 3.8) is 0 Å². The molecule has 4 aliphatic carbocycles. The smallest absolute Gasteiger partial charge is 0.0596 e. The van der Waals surface area contributed by atoms with E-state index in [-0.39, 0.29) is 35.1 Å². The van der Waals surface area contributed by atoms with E-state index in [0.29, 0.717) is 17.8 Å². The molecule has 0 aliphatic heterocycles. The lowest BCUT2D eigenvalue weighted by Gasteiger charge is -2.61. The van der Waals surface area contributed by atoms with Gasteiger partial charge in [0.2, 0.25) is 0 Å². The Morgan fingerprint density at radius 1 is 0.727 bits per heavy atom. The van der Waals surface area contributed by atoms with Crippen LogP contribution >= 0.6 is 0 Å². The Morgan fingerprint density at radius 3 is 2.18 bits per heavy atom. The molecule has 22 heavy (non-hydrogen) atoms.